The molecule has 1 atom stereocenters. The fourth-order valence-electron chi connectivity index (χ4n) is 3.72. The molecule has 4 rings (SSSR count). The normalized spacial score (nSPS) is 20.6. The summed E-state index contributed by atoms with van der Waals surface area (Å²) >= 11 is 0. The van der Waals surface area contributed by atoms with E-state index < -0.39 is 0 Å². The third kappa shape index (κ3) is 2.81. The largest absolute Gasteiger partial charge is 0.339 e. The van der Waals surface area contributed by atoms with Crippen LogP contribution >= 0.6 is 0 Å². The zero-order valence-electron chi connectivity index (χ0n) is 13.1. The first kappa shape index (κ1) is 14.2. The van der Waals surface area contributed by atoms with Crippen LogP contribution in [0, 0.1) is 0 Å². The quantitative estimate of drug-likeness (QED) is 0.934. The van der Waals surface area contributed by atoms with E-state index in [0.29, 0.717) is 12.3 Å². The predicted octanol–water partition coefficient (Wildman–Crippen LogP) is 1.57. The summed E-state index contributed by atoms with van der Waals surface area (Å²) in [6, 6.07) is 8.54. The van der Waals surface area contributed by atoms with Crippen molar-refractivity contribution in [3.05, 3.63) is 41.7 Å². The molecule has 1 fully saturated rings. The van der Waals surface area contributed by atoms with E-state index in [0.717, 1.165) is 45.0 Å². The van der Waals surface area contributed by atoms with Crippen molar-refractivity contribution in [3.8, 4) is 0 Å². The highest BCUT2D eigenvalue weighted by Crippen LogP contribution is 2.35. The number of carbonyl (C=O) groups excluding carboxylic acids is 1. The third-order valence-electron chi connectivity index (χ3n) is 5.01. The number of anilines is 1. The maximum absolute atomic E-state index is 12.6. The fraction of sp³-hybridized carbons (Fsp3) is 0.471. The molecule has 0 saturated carbocycles. The average molecular weight is 311 g/mol. The van der Waals surface area contributed by atoms with Crippen molar-refractivity contribution in [1.29, 1.82) is 0 Å². The van der Waals surface area contributed by atoms with Crippen LogP contribution in [0.15, 0.2) is 30.6 Å². The summed E-state index contributed by atoms with van der Waals surface area (Å²) in [4.78, 5) is 20.9. The van der Waals surface area contributed by atoms with Gasteiger partial charge < -0.3 is 9.80 Å². The highest BCUT2D eigenvalue weighted by atomic mass is 16.2. The maximum atomic E-state index is 12.6. The SMILES string of the molecule is O=C(CC1CCc2ccccc21)N1CCN(c2ncn[nH]2)CC1. The average Bonchev–Trinajstić information content (AvgIpc) is 3.25. The van der Waals surface area contributed by atoms with Crippen LogP contribution in [0.2, 0.25) is 0 Å². The molecule has 6 nitrogen and oxygen atoms in total. The Balaban J connectivity index is 1.34. The van der Waals surface area contributed by atoms with Gasteiger partial charge in [0.05, 0.1) is 0 Å². The lowest BCUT2D eigenvalue weighted by Crippen LogP contribution is -2.49. The molecular weight excluding hydrogens is 290 g/mol. The number of aryl methyl sites for hydroxylation is 1. The Kier molecular flexibility index (Phi) is 3.73. The molecule has 0 bridgehead atoms. The van der Waals surface area contributed by atoms with Crippen molar-refractivity contribution in [2.24, 2.45) is 0 Å². The second-order valence-corrected chi connectivity index (χ2v) is 6.32. The van der Waals surface area contributed by atoms with Crippen molar-refractivity contribution in [2.75, 3.05) is 31.1 Å². The van der Waals surface area contributed by atoms with Crippen LogP contribution in [0.5, 0.6) is 0 Å². The lowest BCUT2D eigenvalue weighted by molar-refractivity contribution is -0.131. The number of nitrogens with one attached hydrogen (secondary N) is 1. The van der Waals surface area contributed by atoms with Crippen molar-refractivity contribution in [1.82, 2.24) is 20.1 Å². The third-order valence-corrected chi connectivity index (χ3v) is 5.01. The molecule has 6 heteroatoms. The first-order valence-corrected chi connectivity index (χ1v) is 8.27. The first-order chi connectivity index (χ1) is 11.3. The van der Waals surface area contributed by atoms with Crippen LogP contribution in [-0.4, -0.2) is 52.2 Å². The Hall–Kier alpha value is -2.37. The van der Waals surface area contributed by atoms with Gasteiger partial charge in [-0.05, 0) is 29.9 Å². The van der Waals surface area contributed by atoms with E-state index in [1.54, 1.807) is 0 Å². The van der Waals surface area contributed by atoms with Gasteiger partial charge in [0.2, 0.25) is 11.9 Å². The number of piperazine rings is 1. The van der Waals surface area contributed by atoms with Gasteiger partial charge in [0.15, 0.2) is 0 Å². The molecule has 0 radical (unpaired) electrons. The summed E-state index contributed by atoms with van der Waals surface area (Å²) in [5, 5.41) is 6.77. The van der Waals surface area contributed by atoms with Gasteiger partial charge in [-0.15, -0.1) is 0 Å². The Morgan fingerprint density at radius 3 is 2.83 bits per heavy atom. The smallest absolute Gasteiger partial charge is 0.223 e. The van der Waals surface area contributed by atoms with E-state index in [1.165, 1.54) is 17.5 Å². The summed E-state index contributed by atoms with van der Waals surface area (Å²) in [6.45, 7) is 3.13. The Bertz CT molecular complexity index is 676. The number of hydrogen-bond donors (Lipinski definition) is 1. The molecule has 1 unspecified atom stereocenters. The zero-order valence-corrected chi connectivity index (χ0v) is 13.1. The minimum atomic E-state index is 0.281. The summed E-state index contributed by atoms with van der Waals surface area (Å²) in [5.41, 5.74) is 2.79. The molecule has 1 saturated heterocycles. The fourth-order valence-corrected chi connectivity index (χ4v) is 3.72. The second-order valence-electron chi connectivity index (χ2n) is 6.32. The molecule has 2 aliphatic rings. The van der Waals surface area contributed by atoms with Crippen molar-refractivity contribution >= 4 is 11.9 Å². The topological polar surface area (TPSA) is 65.1 Å². The van der Waals surface area contributed by atoms with E-state index in [1.807, 2.05) is 4.90 Å². The molecule has 2 heterocycles. The van der Waals surface area contributed by atoms with Crippen LogP contribution in [0.3, 0.4) is 0 Å². The van der Waals surface area contributed by atoms with Gasteiger partial charge in [0.25, 0.3) is 0 Å². The highest BCUT2D eigenvalue weighted by Gasteiger charge is 2.28. The molecule has 120 valence electrons. The molecule has 1 aromatic carbocycles. The van der Waals surface area contributed by atoms with Gasteiger partial charge in [-0.25, -0.2) is 5.10 Å². The monoisotopic (exact) mass is 311 g/mol. The number of hydrogen-bond acceptors (Lipinski definition) is 4. The van der Waals surface area contributed by atoms with Crippen LogP contribution in [-0.2, 0) is 11.2 Å². The highest BCUT2D eigenvalue weighted by molar-refractivity contribution is 5.77. The molecule has 23 heavy (non-hydrogen) atoms. The lowest BCUT2D eigenvalue weighted by atomic mass is 9.97. The van der Waals surface area contributed by atoms with Gasteiger partial charge in [0.1, 0.15) is 6.33 Å². The standard InChI is InChI=1S/C17H21N5O/c23-16(11-14-6-5-13-3-1-2-4-15(13)14)21-7-9-22(10-8-21)17-18-12-19-20-17/h1-4,12,14H,5-11H2,(H,18,19,20). The van der Waals surface area contributed by atoms with Crippen LogP contribution in [0.25, 0.3) is 0 Å². The van der Waals surface area contributed by atoms with Crippen LogP contribution in [0.4, 0.5) is 5.95 Å². The van der Waals surface area contributed by atoms with Gasteiger partial charge in [-0.2, -0.15) is 10.1 Å². The van der Waals surface area contributed by atoms with Crippen molar-refractivity contribution in [2.45, 2.75) is 25.2 Å². The summed E-state index contributed by atoms with van der Waals surface area (Å²) in [7, 11) is 0. The molecule has 1 aromatic heterocycles. The van der Waals surface area contributed by atoms with E-state index in [4.69, 9.17) is 0 Å². The van der Waals surface area contributed by atoms with Gasteiger partial charge >= 0.3 is 0 Å². The van der Waals surface area contributed by atoms with Crippen LogP contribution in [0.1, 0.15) is 29.9 Å². The molecule has 1 N–H and O–H groups in total. The Morgan fingerprint density at radius 2 is 2.04 bits per heavy atom. The second kappa shape index (κ2) is 6.02. The Labute approximate surface area is 135 Å². The van der Waals surface area contributed by atoms with Gasteiger partial charge in [-0.3, -0.25) is 4.79 Å². The first-order valence-electron chi connectivity index (χ1n) is 8.27. The van der Waals surface area contributed by atoms with Crippen molar-refractivity contribution < 1.29 is 4.79 Å². The maximum Gasteiger partial charge on any atom is 0.223 e. The Morgan fingerprint density at radius 1 is 1.22 bits per heavy atom. The number of aromatic amines is 1. The summed E-state index contributed by atoms with van der Waals surface area (Å²) in [6.07, 6.45) is 4.36. The number of rotatable bonds is 3. The number of H-pyrrole nitrogens is 1. The van der Waals surface area contributed by atoms with E-state index >= 15 is 0 Å². The number of benzene rings is 1. The summed E-state index contributed by atoms with van der Waals surface area (Å²) < 4.78 is 0. The number of carbonyl (C=O) groups is 1. The summed E-state index contributed by atoms with van der Waals surface area (Å²) in [5.74, 6) is 1.47. The van der Waals surface area contributed by atoms with Crippen molar-refractivity contribution in [3.63, 3.8) is 0 Å². The molecule has 0 spiro atoms. The number of aromatic nitrogens is 3. The molecule has 2 aromatic rings. The van der Waals surface area contributed by atoms with Gasteiger partial charge in [-0.1, -0.05) is 24.3 Å². The number of fused-ring (bicyclic) bond motifs is 1. The van der Waals surface area contributed by atoms with E-state index in [-0.39, 0.29) is 5.91 Å². The number of nitrogens with zero attached hydrogens (tertiary/aromatic N) is 4. The number of amides is 1. The van der Waals surface area contributed by atoms with E-state index in [9.17, 15) is 4.79 Å². The van der Waals surface area contributed by atoms with Gasteiger partial charge in [0, 0.05) is 32.6 Å². The molecule has 1 aliphatic heterocycles. The lowest BCUT2D eigenvalue weighted by Gasteiger charge is -2.34. The minimum absolute atomic E-state index is 0.281. The van der Waals surface area contributed by atoms with Crippen LogP contribution < -0.4 is 4.90 Å². The minimum Gasteiger partial charge on any atom is -0.339 e. The zero-order chi connectivity index (χ0) is 15.6. The van der Waals surface area contributed by atoms with E-state index in [2.05, 4.69) is 44.3 Å². The predicted molar refractivity (Wildman–Crippen MR) is 87.3 cm³/mol. The molecule has 1 aliphatic carbocycles. The molecular formula is C17H21N5O. The molecule has 1 amide bonds.